The van der Waals surface area contributed by atoms with Crippen molar-refractivity contribution < 1.29 is 8.42 Å². The number of rotatable bonds is 6. The van der Waals surface area contributed by atoms with Crippen LogP contribution in [0.1, 0.15) is 18.9 Å². The second-order valence-electron chi connectivity index (χ2n) is 6.16. The lowest BCUT2D eigenvalue weighted by molar-refractivity contribution is 0.547. The normalized spacial score (nSPS) is 13.0. The zero-order valence-electron chi connectivity index (χ0n) is 14.2. The molecule has 1 aromatic heterocycles. The standard InChI is InChI=1S/C18H19N3O4S/c1-12(7-8-13-5-3-2-4-6-13)21-26(24,25)14-9-10-15-16(11-14)20-18(23)17(22)19-15/h2-6,9-12,21H,7-8H2,1H3,(H,19,22)(H,20,23). The summed E-state index contributed by atoms with van der Waals surface area (Å²) >= 11 is 0. The fourth-order valence-corrected chi connectivity index (χ4v) is 3.98. The van der Waals surface area contributed by atoms with Crippen molar-refractivity contribution in [1.29, 1.82) is 0 Å². The molecule has 0 aliphatic rings. The topological polar surface area (TPSA) is 112 Å². The summed E-state index contributed by atoms with van der Waals surface area (Å²) in [6.07, 6.45) is 1.41. The van der Waals surface area contributed by atoms with Crippen molar-refractivity contribution in [3.05, 3.63) is 74.8 Å². The maximum atomic E-state index is 12.6. The molecule has 0 spiro atoms. The highest BCUT2D eigenvalue weighted by Gasteiger charge is 2.18. The molecule has 0 aliphatic carbocycles. The van der Waals surface area contributed by atoms with Crippen LogP contribution in [0.5, 0.6) is 0 Å². The molecule has 7 nitrogen and oxygen atoms in total. The van der Waals surface area contributed by atoms with E-state index in [1.165, 1.54) is 18.2 Å². The van der Waals surface area contributed by atoms with E-state index in [-0.39, 0.29) is 16.5 Å². The Labute approximate surface area is 150 Å². The molecule has 3 N–H and O–H groups in total. The predicted molar refractivity (Wildman–Crippen MR) is 99.7 cm³/mol. The number of hydrogen-bond acceptors (Lipinski definition) is 4. The van der Waals surface area contributed by atoms with Crippen LogP contribution in [0.3, 0.4) is 0 Å². The quantitative estimate of drug-likeness (QED) is 0.569. The van der Waals surface area contributed by atoms with Gasteiger partial charge in [0.05, 0.1) is 15.9 Å². The number of nitrogens with one attached hydrogen (secondary N) is 3. The number of aryl methyl sites for hydroxylation is 1. The second kappa shape index (κ2) is 7.27. The molecule has 0 saturated carbocycles. The van der Waals surface area contributed by atoms with Crippen LogP contribution in [0.2, 0.25) is 0 Å². The maximum absolute atomic E-state index is 12.6. The molecular weight excluding hydrogens is 354 g/mol. The van der Waals surface area contributed by atoms with E-state index in [4.69, 9.17) is 0 Å². The molecule has 0 bridgehead atoms. The van der Waals surface area contributed by atoms with E-state index >= 15 is 0 Å². The van der Waals surface area contributed by atoms with Gasteiger partial charge in [-0.25, -0.2) is 13.1 Å². The average Bonchev–Trinajstić information content (AvgIpc) is 2.61. The minimum atomic E-state index is -3.74. The lowest BCUT2D eigenvalue weighted by Crippen LogP contribution is -2.33. The summed E-state index contributed by atoms with van der Waals surface area (Å²) in [5.41, 5.74) is 0.169. The summed E-state index contributed by atoms with van der Waals surface area (Å²) in [5.74, 6) is 0. The number of aromatic nitrogens is 2. The Balaban J connectivity index is 1.77. The minimum absolute atomic E-state index is 0.0271. The van der Waals surface area contributed by atoms with Crippen molar-refractivity contribution in [2.45, 2.75) is 30.7 Å². The lowest BCUT2D eigenvalue weighted by atomic mass is 10.1. The van der Waals surface area contributed by atoms with Crippen LogP contribution in [-0.2, 0) is 16.4 Å². The van der Waals surface area contributed by atoms with E-state index in [2.05, 4.69) is 14.7 Å². The zero-order valence-corrected chi connectivity index (χ0v) is 15.0. The molecule has 0 amide bonds. The molecule has 2 aromatic carbocycles. The first-order chi connectivity index (χ1) is 12.3. The third-order valence-corrected chi connectivity index (χ3v) is 5.66. The van der Waals surface area contributed by atoms with Crippen LogP contribution in [-0.4, -0.2) is 24.4 Å². The summed E-state index contributed by atoms with van der Waals surface area (Å²) in [6.45, 7) is 1.81. The van der Waals surface area contributed by atoms with Gasteiger partial charge in [-0.15, -0.1) is 0 Å². The Hall–Kier alpha value is -2.71. The van der Waals surface area contributed by atoms with Gasteiger partial charge in [0.2, 0.25) is 10.0 Å². The first-order valence-electron chi connectivity index (χ1n) is 8.18. The molecule has 136 valence electrons. The molecular formula is C18H19N3O4S. The third-order valence-electron chi connectivity index (χ3n) is 4.07. The van der Waals surface area contributed by atoms with Gasteiger partial charge in [0.1, 0.15) is 0 Å². The van der Waals surface area contributed by atoms with Crippen molar-refractivity contribution >= 4 is 21.1 Å². The fraction of sp³-hybridized carbons (Fsp3) is 0.222. The van der Waals surface area contributed by atoms with Gasteiger partial charge in [0.15, 0.2) is 0 Å². The molecule has 1 heterocycles. The molecule has 0 saturated heterocycles. The summed E-state index contributed by atoms with van der Waals surface area (Å²) in [7, 11) is -3.74. The summed E-state index contributed by atoms with van der Waals surface area (Å²) in [6, 6.07) is 13.8. The Morgan fingerprint density at radius 3 is 2.31 bits per heavy atom. The fourth-order valence-electron chi connectivity index (χ4n) is 2.68. The van der Waals surface area contributed by atoms with Crippen molar-refractivity contribution in [2.24, 2.45) is 0 Å². The second-order valence-corrected chi connectivity index (χ2v) is 7.88. The molecule has 1 atom stereocenters. The Morgan fingerprint density at radius 2 is 1.62 bits per heavy atom. The molecule has 0 fully saturated rings. The summed E-state index contributed by atoms with van der Waals surface area (Å²) in [4.78, 5) is 27.6. The van der Waals surface area contributed by atoms with Gasteiger partial charge >= 0.3 is 11.1 Å². The molecule has 26 heavy (non-hydrogen) atoms. The van der Waals surface area contributed by atoms with Gasteiger partial charge in [-0.2, -0.15) is 0 Å². The van der Waals surface area contributed by atoms with E-state index in [0.717, 1.165) is 12.0 Å². The summed E-state index contributed by atoms with van der Waals surface area (Å²) in [5, 5.41) is 0. The average molecular weight is 373 g/mol. The van der Waals surface area contributed by atoms with Crippen molar-refractivity contribution in [2.75, 3.05) is 0 Å². The van der Waals surface area contributed by atoms with Gasteiger partial charge in [-0.1, -0.05) is 30.3 Å². The smallest absolute Gasteiger partial charge is 0.314 e. The van der Waals surface area contributed by atoms with Gasteiger partial charge in [0.25, 0.3) is 0 Å². The van der Waals surface area contributed by atoms with Gasteiger partial charge in [-0.3, -0.25) is 9.59 Å². The van der Waals surface area contributed by atoms with Crippen LogP contribution < -0.4 is 15.8 Å². The third kappa shape index (κ3) is 4.09. The monoisotopic (exact) mass is 373 g/mol. The van der Waals surface area contributed by atoms with E-state index in [1.807, 2.05) is 30.3 Å². The van der Waals surface area contributed by atoms with Gasteiger partial charge in [-0.05, 0) is 43.5 Å². The minimum Gasteiger partial charge on any atom is -0.316 e. The Bertz CT molecular complexity index is 1130. The van der Waals surface area contributed by atoms with Crippen LogP contribution in [0.4, 0.5) is 0 Å². The SMILES string of the molecule is CC(CCc1ccccc1)NS(=O)(=O)c1ccc2[nH]c(=O)c(=O)[nH]c2c1. The highest BCUT2D eigenvalue weighted by molar-refractivity contribution is 7.89. The number of H-pyrrole nitrogens is 2. The van der Waals surface area contributed by atoms with Gasteiger partial charge in [0, 0.05) is 6.04 Å². The molecule has 0 radical (unpaired) electrons. The van der Waals surface area contributed by atoms with E-state index in [0.29, 0.717) is 11.9 Å². The lowest BCUT2D eigenvalue weighted by Gasteiger charge is -2.14. The number of hydrogen-bond donors (Lipinski definition) is 3. The van der Waals surface area contributed by atoms with E-state index in [1.54, 1.807) is 6.92 Å². The van der Waals surface area contributed by atoms with E-state index in [9.17, 15) is 18.0 Å². The molecule has 8 heteroatoms. The van der Waals surface area contributed by atoms with Crippen molar-refractivity contribution in [1.82, 2.24) is 14.7 Å². The molecule has 3 aromatic rings. The number of aromatic amines is 2. The Morgan fingerprint density at radius 1 is 0.962 bits per heavy atom. The maximum Gasteiger partial charge on any atom is 0.314 e. The van der Waals surface area contributed by atoms with Crippen LogP contribution in [0.25, 0.3) is 11.0 Å². The number of fused-ring (bicyclic) bond motifs is 1. The predicted octanol–water partition coefficient (Wildman–Crippen LogP) is 1.52. The van der Waals surface area contributed by atoms with Crippen LogP contribution in [0.15, 0.2) is 63.0 Å². The molecule has 1 unspecified atom stereocenters. The highest BCUT2D eigenvalue weighted by atomic mass is 32.2. The first kappa shape index (κ1) is 18.1. The molecule has 0 aliphatic heterocycles. The summed E-state index contributed by atoms with van der Waals surface area (Å²) < 4.78 is 27.8. The number of benzene rings is 2. The largest absolute Gasteiger partial charge is 0.316 e. The van der Waals surface area contributed by atoms with Crippen molar-refractivity contribution in [3.63, 3.8) is 0 Å². The zero-order chi connectivity index (χ0) is 18.7. The van der Waals surface area contributed by atoms with Crippen molar-refractivity contribution in [3.8, 4) is 0 Å². The van der Waals surface area contributed by atoms with Crippen LogP contribution in [0, 0.1) is 0 Å². The van der Waals surface area contributed by atoms with Gasteiger partial charge < -0.3 is 9.97 Å². The number of sulfonamides is 1. The Kier molecular flexibility index (Phi) is 5.06. The first-order valence-corrected chi connectivity index (χ1v) is 9.66. The highest BCUT2D eigenvalue weighted by Crippen LogP contribution is 2.15. The van der Waals surface area contributed by atoms with E-state index < -0.39 is 21.1 Å². The molecule has 3 rings (SSSR count). The van der Waals surface area contributed by atoms with Crippen LogP contribution >= 0.6 is 0 Å².